The summed E-state index contributed by atoms with van der Waals surface area (Å²) < 4.78 is 11.4. The molecule has 3 aliphatic rings. The second kappa shape index (κ2) is 8.30. The molecule has 0 aromatic carbocycles. The van der Waals surface area contributed by atoms with E-state index in [9.17, 15) is 4.79 Å². The summed E-state index contributed by atoms with van der Waals surface area (Å²) in [5.41, 5.74) is 1.01. The molecule has 0 saturated carbocycles. The van der Waals surface area contributed by atoms with Crippen LogP contribution in [0.3, 0.4) is 0 Å². The minimum Gasteiger partial charge on any atom is -0.498 e. The fourth-order valence-electron chi connectivity index (χ4n) is 3.39. The van der Waals surface area contributed by atoms with Crippen molar-refractivity contribution in [2.45, 2.75) is 45.6 Å². The second-order valence-corrected chi connectivity index (χ2v) is 8.48. The zero-order chi connectivity index (χ0) is 18.6. The summed E-state index contributed by atoms with van der Waals surface area (Å²) in [7, 11) is 0. The van der Waals surface area contributed by atoms with E-state index in [0.29, 0.717) is 12.5 Å². The number of allylic oxidation sites excluding steroid dienone is 2. The zero-order valence-corrected chi connectivity index (χ0v) is 16.4. The minimum absolute atomic E-state index is 0.215. The molecule has 3 rings (SSSR count). The molecule has 5 heteroatoms. The number of rotatable bonds is 5. The molecule has 2 heterocycles. The van der Waals surface area contributed by atoms with Crippen molar-refractivity contribution in [1.29, 1.82) is 0 Å². The first-order valence-corrected chi connectivity index (χ1v) is 9.77. The van der Waals surface area contributed by atoms with Crippen molar-refractivity contribution in [1.82, 2.24) is 9.80 Å². The summed E-state index contributed by atoms with van der Waals surface area (Å²) >= 11 is 0. The van der Waals surface area contributed by atoms with E-state index in [1.54, 1.807) is 4.90 Å². The lowest BCUT2D eigenvalue weighted by molar-refractivity contribution is -0.0140. The molecule has 26 heavy (non-hydrogen) atoms. The number of ether oxygens (including phenoxy) is 2. The van der Waals surface area contributed by atoms with Crippen molar-refractivity contribution >= 4 is 6.09 Å². The number of amides is 1. The number of carbonyl (C=O) groups excluding carboxylic acids is 1. The zero-order valence-electron chi connectivity index (χ0n) is 16.4. The molecule has 0 radical (unpaired) electrons. The van der Waals surface area contributed by atoms with Crippen LogP contribution in [0.4, 0.5) is 4.79 Å². The maximum atomic E-state index is 11.9. The quantitative estimate of drug-likeness (QED) is 0.749. The molecule has 1 saturated heterocycles. The second-order valence-electron chi connectivity index (χ2n) is 8.48. The van der Waals surface area contributed by atoms with Gasteiger partial charge in [0, 0.05) is 45.1 Å². The van der Waals surface area contributed by atoms with Gasteiger partial charge in [-0.25, -0.2) is 4.79 Å². The van der Waals surface area contributed by atoms with Crippen LogP contribution in [0.1, 0.15) is 40.0 Å². The SMILES string of the molecule is CC(C)(C)OC(=O)N1CC(COC2=CCN(CC3=CCCC=C3)CC2)C1. The van der Waals surface area contributed by atoms with Crippen LogP contribution < -0.4 is 0 Å². The largest absolute Gasteiger partial charge is 0.498 e. The Morgan fingerprint density at radius 2 is 2.04 bits per heavy atom. The average Bonchev–Trinajstić information content (AvgIpc) is 2.54. The molecular weight excluding hydrogens is 328 g/mol. The number of hydrogen-bond donors (Lipinski definition) is 0. The van der Waals surface area contributed by atoms with Gasteiger partial charge in [0.15, 0.2) is 0 Å². The Hall–Kier alpha value is -1.75. The third-order valence-electron chi connectivity index (χ3n) is 4.84. The van der Waals surface area contributed by atoms with Crippen LogP contribution in [-0.4, -0.2) is 60.8 Å². The Balaban J connectivity index is 1.32. The molecule has 0 aromatic heterocycles. The van der Waals surface area contributed by atoms with Crippen LogP contribution in [0.2, 0.25) is 0 Å². The van der Waals surface area contributed by atoms with Crippen LogP contribution >= 0.6 is 0 Å². The van der Waals surface area contributed by atoms with Gasteiger partial charge in [-0.2, -0.15) is 0 Å². The van der Waals surface area contributed by atoms with Gasteiger partial charge in [-0.15, -0.1) is 0 Å². The van der Waals surface area contributed by atoms with Crippen LogP contribution in [-0.2, 0) is 9.47 Å². The third kappa shape index (κ3) is 5.63. The van der Waals surface area contributed by atoms with Crippen molar-refractivity contribution < 1.29 is 14.3 Å². The Morgan fingerprint density at radius 1 is 1.23 bits per heavy atom. The number of nitrogens with zero attached hydrogens (tertiary/aromatic N) is 2. The first kappa shape index (κ1) is 19.0. The molecule has 144 valence electrons. The van der Waals surface area contributed by atoms with E-state index in [1.807, 2.05) is 20.8 Å². The van der Waals surface area contributed by atoms with Crippen LogP contribution in [0.5, 0.6) is 0 Å². The van der Waals surface area contributed by atoms with Gasteiger partial charge >= 0.3 is 6.09 Å². The van der Waals surface area contributed by atoms with Gasteiger partial charge in [-0.1, -0.05) is 18.2 Å². The highest BCUT2D eigenvalue weighted by atomic mass is 16.6. The summed E-state index contributed by atoms with van der Waals surface area (Å²) in [6.07, 6.45) is 12.2. The minimum atomic E-state index is -0.430. The third-order valence-corrected chi connectivity index (χ3v) is 4.84. The van der Waals surface area contributed by atoms with Gasteiger partial charge in [-0.3, -0.25) is 4.90 Å². The van der Waals surface area contributed by atoms with Gasteiger partial charge in [0.25, 0.3) is 0 Å². The van der Waals surface area contributed by atoms with E-state index in [1.165, 1.54) is 18.4 Å². The lowest BCUT2D eigenvalue weighted by atomic mass is 10.0. The first-order valence-electron chi connectivity index (χ1n) is 9.77. The predicted octanol–water partition coefficient (Wildman–Crippen LogP) is 3.74. The molecule has 1 amide bonds. The van der Waals surface area contributed by atoms with Gasteiger partial charge in [0.2, 0.25) is 0 Å². The Bertz CT molecular complexity index is 595. The average molecular weight is 360 g/mol. The molecule has 0 atom stereocenters. The van der Waals surface area contributed by atoms with Crippen LogP contribution in [0, 0.1) is 5.92 Å². The lowest BCUT2D eigenvalue weighted by Gasteiger charge is -2.39. The van der Waals surface area contributed by atoms with E-state index in [2.05, 4.69) is 29.2 Å². The summed E-state index contributed by atoms with van der Waals surface area (Å²) in [6.45, 7) is 10.9. The van der Waals surface area contributed by atoms with E-state index >= 15 is 0 Å². The summed E-state index contributed by atoms with van der Waals surface area (Å²) in [6, 6.07) is 0. The number of likely N-dealkylation sites (tertiary alicyclic amines) is 1. The fourth-order valence-corrected chi connectivity index (χ4v) is 3.39. The van der Waals surface area contributed by atoms with Crippen molar-refractivity contribution in [3.05, 3.63) is 35.6 Å². The topological polar surface area (TPSA) is 42.0 Å². The molecule has 0 bridgehead atoms. The van der Waals surface area contributed by atoms with Gasteiger partial charge < -0.3 is 14.4 Å². The molecule has 0 N–H and O–H groups in total. The van der Waals surface area contributed by atoms with E-state index in [-0.39, 0.29) is 6.09 Å². The summed E-state index contributed by atoms with van der Waals surface area (Å²) in [4.78, 5) is 16.1. The Labute approximate surface area is 157 Å². The van der Waals surface area contributed by atoms with Crippen molar-refractivity contribution in [2.24, 2.45) is 5.92 Å². The molecule has 1 aliphatic carbocycles. The van der Waals surface area contributed by atoms with E-state index in [4.69, 9.17) is 9.47 Å². The Morgan fingerprint density at radius 3 is 2.65 bits per heavy atom. The maximum Gasteiger partial charge on any atom is 0.410 e. The molecule has 0 unspecified atom stereocenters. The predicted molar refractivity (Wildman–Crippen MR) is 103 cm³/mol. The Kier molecular flexibility index (Phi) is 6.07. The van der Waals surface area contributed by atoms with Gasteiger partial charge in [0.05, 0.1) is 12.4 Å². The summed E-state index contributed by atoms with van der Waals surface area (Å²) in [5.74, 6) is 1.52. The normalized spacial score (nSPS) is 21.7. The van der Waals surface area contributed by atoms with Gasteiger partial charge in [-0.05, 0) is 45.3 Å². The molecule has 1 fully saturated rings. The van der Waals surface area contributed by atoms with Crippen molar-refractivity contribution in [2.75, 3.05) is 39.3 Å². The molecule has 0 spiro atoms. The number of hydrogen-bond acceptors (Lipinski definition) is 4. The smallest absolute Gasteiger partial charge is 0.410 e. The van der Waals surface area contributed by atoms with Crippen LogP contribution in [0.25, 0.3) is 0 Å². The van der Waals surface area contributed by atoms with E-state index in [0.717, 1.165) is 44.9 Å². The van der Waals surface area contributed by atoms with E-state index < -0.39 is 5.60 Å². The highest BCUT2D eigenvalue weighted by molar-refractivity contribution is 5.69. The highest BCUT2D eigenvalue weighted by Gasteiger charge is 2.34. The summed E-state index contributed by atoms with van der Waals surface area (Å²) in [5, 5.41) is 0. The standard InChI is InChI=1S/C21H32N2O3/c1-21(2,3)26-20(24)23-14-18(15-23)16-25-19-9-11-22(12-10-19)13-17-7-5-4-6-8-17/h5,7-9,18H,4,6,10-16H2,1-3H3. The molecule has 0 aromatic rings. The fraction of sp³-hybridized carbons (Fsp3) is 0.667. The molecular formula is C21H32N2O3. The van der Waals surface area contributed by atoms with Gasteiger partial charge in [0.1, 0.15) is 5.60 Å². The van der Waals surface area contributed by atoms with Crippen molar-refractivity contribution in [3.63, 3.8) is 0 Å². The van der Waals surface area contributed by atoms with Crippen molar-refractivity contribution in [3.8, 4) is 0 Å². The monoisotopic (exact) mass is 360 g/mol. The maximum absolute atomic E-state index is 11.9. The molecule has 2 aliphatic heterocycles. The lowest BCUT2D eigenvalue weighted by Crippen LogP contribution is -2.53. The highest BCUT2D eigenvalue weighted by Crippen LogP contribution is 2.22. The first-order chi connectivity index (χ1) is 12.4. The van der Waals surface area contributed by atoms with Crippen LogP contribution in [0.15, 0.2) is 35.6 Å². The molecule has 5 nitrogen and oxygen atoms in total. The number of carbonyl (C=O) groups is 1.